The molecule has 124 valence electrons. The molecule has 1 aliphatic heterocycles. The van der Waals surface area contributed by atoms with Gasteiger partial charge >= 0.3 is 0 Å². The molecule has 1 fully saturated rings. The maximum atomic E-state index is 12.3. The van der Waals surface area contributed by atoms with Crippen LogP contribution in [0.1, 0.15) is 53.9 Å². The highest BCUT2D eigenvalue weighted by atomic mass is 16.2. The first-order valence-electron chi connectivity index (χ1n) is 8.70. The Hall–Kier alpha value is -0.610. The van der Waals surface area contributed by atoms with Gasteiger partial charge in [-0.25, -0.2) is 0 Å². The first-order chi connectivity index (χ1) is 9.95. The van der Waals surface area contributed by atoms with Crippen molar-refractivity contribution in [2.75, 3.05) is 26.2 Å². The van der Waals surface area contributed by atoms with Crippen molar-refractivity contribution in [3.63, 3.8) is 0 Å². The molecule has 0 radical (unpaired) electrons. The van der Waals surface area contributed by atoms with Crippen molar-refractivity contribution in [1.29, 1.82) is 0 Å². The molecule has 1 amide bonds. The fraction of sp³-hybridized carbons (Fsp3) is 0.941. The smallest absolute Gasteiger partial charge is 0.237 e. The summed E-state index contributed by atoms with van der Waals surface area (Å²) in [4.78, 5) is 14.6. The number of carbonyl (C=O) groups excluding carboxylic acids is 1. The lowest BCUT2D eigenvalue weighted by Gasteiger charge is -2.38. The van der Waals surface area contributed by atoms with E-state index in [1.807, 2.05) is 6.92 Å². The van der Waals surface area contributed by atoms with Gasteiger partial charge in [0.1, 0.15) is 0 Å². The van der Waals surface area contributed by atoms with Crippen LogP contribution < -0.4 is 10.6 Å². The molecule has 4 heteroatoms. The summed E-state index contributed by atoms with van der Waals surface area (Å²) < 4.78 is 0. The second-order valence-corrected chi connectivity index (χ2v) is 6.89. The molecule has 1 heterocycles. The predicted molar refractivity (Wildman–Crippen MR) is 89.4 cm³/mol. The first-order valence-corrected chi connectivity index (χ1v) is 8.70. The monoisotopic (exact) mass is 297 g/mol. The lowest BCUT2D eigenvalue weighted by atomic mass is 9.90. The van der Waals surface area contributed by atoms with Crippen molar-refractivity contribution >= 4 is 5.91 Å². The molecule has 1 saturated heterocycles. The lowest BCUT2D eigenvalue weighted by molar-refractivity contribution is -0.126. The van der Waals surface area contributed by atoms with Gasteiger partial charge in [0.2, 0.25) is 5.91 Å². The lowest BCUT2D eigenvalue weighted by Crippen LogP contribution is -2.52. The summed E-state index contributed by atoms with van der Waals surface area (Å²) in [5, 5.41) is 6.61. The number of likely N-dealkylation sites (tertiary alicyclic amines) is 1. The van der Waals surface area contributed by atoms with Crippen molar-refractivity contribution in [3.8, 4) is 0 Å². The molecule has 3 unspecified atom stereocenters. The standard InChI is InChI=1S/C17H35N3O/c1-6-18-14(4)16-8-7-11-20(12-16)15(5)17(21)19-10-9-13(2)3/h13-16,18H,6-12H2,1-5H3,(H,19,21). The van der Waals surface area contributed by atoms with Crippen LogP contribution in [0, 0.1) is 11.8 Å². The summed E-state index contributed by atoms with van der Waals surface area (Å²) in [6, 6.07) is 0.530. The number of hydrogen-bond donors (Lipinski definition) is 2. The van der Waals surface area contributed by atoms with Gasteiger partial charge in [-0.2, -0.15) is 0 Å². The Morgan fingerprint density at radius 2 is 2.00 bits per heavy atom. The van der Waals surface area contributed by atoms with Gasteiger partial charge in [0, 0.05) is 19.1 Å². The van der Waals surface area contributed by atoms with Crippen LogP contribution in [0.25, 0.3) is 0 Å². The van der Waals surface area contributed by atoms with E-state index in [4.69, 9.17) is 0 Å². The van der Waals surface area contributed by atoms with Gasteiger partial charge < -0.3 is 10.6 Å². The van der Waals surface area contributed by atoms with Crippen molar-refractivity contribution in [3.05, 3.63) is 0 Å². The third-order valence-electron chi connectivity index (χ3n) is 4.67. The van der Waals surface area contributed by atoms with E-state index < -0.39 is 0 Å². The number of piperidine rings is 1. The quantitative estimate of drug-likeness (QED) is 0.722. The van der Waals surface area contributed by atoms with Crippen molar-refractivity contribution < 1.29 is 4.79 Å². The maximum Gasteiger partial charge on any atom is 0.237 e. The number of carbonyl (C=O) groups is 1. The minimum Gasteiger partial charge on any atom is -0.355 e. The zero-order valence-electron chi connectivity index (χ0n) is 14.6. The van der Waals surface area contributed by atoms with Gasteiger partial charge in [0.05, 0.1) is 6.04 Å². The zero-order valence-corrected chi connectivity index (χ0v) is 14.6. The molecule has 0 spiro atoms. The molecular weight excluding hydrogens is 262 g/mol. The van der Waals surface area contributed by atoms with Gasteiger partial charge in [-0.05, 0) is 58.0 Å². The van der Waals surface area contributed by atoms with Gasteiger partial charge in [-0.1, -0.05) is 20.8 Å². The number of nitrogens with one attached hydrogen (secondary N) is 2. The average molecular weight is 297 g/mol. The molecule has 4 nitrogen and oxygen atoms in total. The number of nitrogens with zero attached hydrogens (tertiary/aromatic N) is 1. The number of hydrogen-bond acceptors (Lipinski definition) is 3. The molecule has 0 aliphatic carbocycles. The Labute approximate surface area is 131 Å². The number of rotatable bonds is 8. The summed E-state index contributed by atoms with van der Waals surface area (Å²) in [5.41, 5.74) is 0. The van der Waals surface area contributed by atoms with E-state index >= 15 is 0 Å². The van der Waals surface area contributed by atoms with Crippen LogP contribution >= 0.6 is 0 Å². The molecule has 2 N–H and O–H groups in total. The van der Waals surface area contributed by atoms with Gasteiger partial charge in [-0.3, -0.25) is 9.69 Å². The Balaban J connectivity index is 2.41. The molecule has 0 aromatic rings. The van der Waals surface area contributed by atoms with Crippen molar-refractivity contribution in [1.82, 2.24) is 15.5 Å². The predicted octanol–water partition coefficient (Wildman–Crippen LogP) is 2.25. The maximum absolute atomic E-state index is 12.3. The minimum atomic E-state index is -0.00575. The number of amides is 1. The second-order valence-electron chi connectivity index (χ2n) is 6.89. The second kappa shape index (κ2) is 9.42. The third kappa shape index (κ3) is 6.35. The first kappa shape index (κ1) is 18.4. The van der Waals surface area contributed by atoms with Crippen LogP contribution in [0.2, 0.25) is 0 Å². The Bertz CT molecular complexity index is 306. The summed E-state index contributed by atoms with van der Waals surface area (Å²) >= 11 is 0. The van der Waals surface area contributed by atoms with E-state index in [1.54, 1.807) is 0 Å². The van der Waals surface area contributed by atoms with Crippen LogP contribution in [0.3, 0.4) is 0 Å². The van der Waals surface area contributed by atoms with E-state index in [0.717, 1.165) is 32.6 Å². The van der Waals surface area contributed by atoms with Crippen molar-refractivity contribution in [2.24, 2.45) is 11.8 Å². The van der Waals surface area contributed by atoms with E-state index in [9.17, 15) is 4.79 Å². The summed E-state index contributed by atoms with van der Waals surface area (Å²) in [7, 11) is 0. The zero-order chi connectivity index (χ0) is 15.8. The largest absolute Gasteiger partial charge is 0.355 e. The van der Waals surface area contributed by atoms with Crippen LogP contribution in [-0.2, 0) is 4.79 Å². The third-order valence-corrected chi connectivity index (χ3v) is 4.67. The van der Waals surface area contributed by atoms with Crippen LogP contribution in [-0.4, -0.2) is 49.1 Å². The minimum absolute atomic E-state index is 0.00575. The summed E-state index contributed by atoms with van der Waals surface area (Å²) in [6.45, 7) is 14.7. The fourth-order valence-electron chi connectivity index (χ4n) is 3.09. The molecule has 1 aliphatic rings. The molecule has 3 atom stereocenters. The molecule has 0 aromatic carbocycles. The van der Waals surface area contributed by atoms with Gasteiger partial charge in [0.25, 0.3) is 0 Å². The van der Waals surface area contributed by atoms with Gasteiger partial charge in [-0.15, -0.1) is 0 Å². The molecule has 0 saturated carbocycles. The summed E-state index contributed by atoms with van der Waals surface area (Å²) in [5.74, 6) is 1.48. The molecular formula is C17H35N3O. The van der Waals surface area contributed by atoms with Crippen LogP contribution in [0.5, 0.6) is 0 Å². The SMILES string of the molecule is CCNC(C)C1CCCN(C(C)C(=O)NCCC(C)C)C1. The Kier molecular flexibility index (Phi) is 8.27. The van der Waals surface area contributed by atoms with E-state index in [2.05, 4.69) is 43.2 Å². The Morgan fingerprint density at radius 3 is 2.62 bits per heavy atom. The molecule has 0 aromatic heterocycles. The van der Waals surface area contributed by atoms with E-state index in [0.29, 0.717) is 17.9 Å². The van der Waals surface area contributed by atoms with Gasteiger partial charge in [0.15, 0.2) is 0 Å². The van der Waals surface area contributed by atoms with Crippen molar-refractivity contribution in [2.45, 2.75) is 66.0 Å². The Morgan fingerprint density at radius 1 is 1.29 bits per heavy atom. The highest BCUT2D eigenvalue weighted by Crippen LogP contribution is 2.21. The fourth-order valence-corrected chi connectivity index (χ4v) is 3.09. The molecule has 1 rings (SSSR count). The average Bonchev–Trinajstić information content (AvgIpc) is 2.46. The van der Waals surface area contributed by atoms with Crippen LogP contribution in [0.4, 0.5) is 0 Å². The van der Waals surface area contributed by atoms with E-state index in [1.165, 1.54) is 12.8 Å². The summed E-state index contributed by atoms with van der Waals surface area (Å²) in [6.07, 6.45) is 3.52. The normalized spacial score (nSPS) is 23.0. The highest BCUT2D eigenvalue weighted by Gasteiger charge is 2.29. The van der Waals surface area contributed by atoms with E-state index in [-0.39, 0.29) is 11.9 Å². The molecule has 21 heavy (non-hydrogen) atoms. The highest BCUT2D eigenvalue weighted by molar-refractivity contribution is 5.81. The molecule has 0 bridgehead atoms. The topological polar surface area (TPSA) is 44.4 Å². The van der Waals surface area contributed by atoms with Crippen LogP contribution in [0.15, 0.2) is 0 Å².